The molecule has 0 aliphatic rings. The quantitative estimate of drug-likeness (QED) is 0.747. The van der Waals surface area contributed by atoms with Crippen LogP contribution in [0.15, 0.2) is 46.7 Å². The van der Waals surface area contributed by atoms with Crippen molar-refractivity contribution in [3.63, 3.8) is 0 Å². The number of anilines is 1. The first kappa shape index (κ1) is 13.8. The summed E-state index contributed by atoms with van der Waals surface area (Å²) in [6, 6.07) is 9.68. The summed E-state index contributed by atoms with van der Waals surface area (Å²) in [5, 5.41) is 2.68. The van der Waals surface area contributed by atoms with Crippen LogP contribution in [0.5, 0.6) is 0 Å². The largest absolute Gasteiger partial charge is 0.384 e. The molecular weight excluding hydrogens is 282 g/mol. The lowest BCUT2D eigenvalue weighted by atomic mass is 10.2. The van der Waals surface area contributed by atoms with Crippen LogP contribution < -0.4 is 5.73 Å². The lowest BCUT2D eigenvalue weighted by molar-refractivity contribution is 0.756. The van der Waals surface area contributed by atoms with Crippen LogP contribution in [0.1, 0.15) is 25.6 Å². The molecule has 5 nitrogen and oxygen atoms in total. The highest BCUT2D eigenvalue weighted by atomic mass is 32.2. The maximum atomic E-state index is 5.87. The Kier molecular flexibility index (Phi) is 3.70. The number of hydrogen-bond acceptors (Lipinski definition) is 6. The summed E-state index contributed by atoms with van der Waals surface area (Å²) < 4.78 is 0. The molecule has 0 fully saturated rings. The van der Waals surface area contributed by atoms with E-state index in [-0.39, 0.29) is 5.92 Å². The second kappa shape index (κ2) is 5.65. The predicted octanol–water partition coefficient (Wildman–Crippen LogP) is 3.28. The summed E-state index contributed by atoms with van der Waals surface area (Å²) in [5.74, 6) is 1.46. The molecule has 3 rings (SSSR count). The van der Waals surface area contributed by atoms with Crippen molar-refractivity contribution in [3.05, 3.63) is 42.5 Å². The number of rotatable bonds is 3. The van der Waals surface area contributed by atoms with E-state index in [1.54, 1.807) is 12.4 Å². The minimum absolute atomic E-state index is 0.231. The third-order valence-electron chi connectivity index (χ3n) is 2.96. The van der Waals surface area contributed by atoms with Gasteiger partial charge in [-0.25, -0.2) is 19.9 Å². The van der Waals surface area contributed by atoms with E-state index < -0.39 is 0 Å². The Morgan fingerprint density at radius 3 is 2.71 bits per heavy atom. The second-order valence-electron chi connectivity index (χ2n) is 4.94. The fourth-order valence-electron chi connectivity index (χ4n) is 1.93. The van der Waals surface area contributed by atoms with Gasteiger partial charge in [0.2, 0.25) is 0 Å². The van der Waals surface area contributed by atoms with Crippen molar-refractivity contribution in [3.8, 4) is 0 Å². The molecule has 0 atom stereocenters. The van der Waals surface area contributed by atoms with Crippen molar-refractivity contribution < 1.29 is 0 Å². The maximum Gasteiger partial charge on any atom is 0.134 e. The van der Waals surface area contributed by atoms with Crippen LogP contribution in [0.25, 0.3) is 10.9 Å². The summed E-state index contributed by atoms with van der Waals surface area (Å²) >= 11 is 1.48. The molecule has 0 unspecified atom stereocenters. The van der Waals surface area contributed by atoms with E-state index in [1.165, 1.54) is 11.8 Å². The van der Waals surface area contributed by atoms with Crippen molar-refractivity contribution in [1.82, 2.24) is 19.9 Å². The Morgan fingerprint density at radius 2 is 1.90 bits per heavy atom. The van der Waals surface area contributed by atoms with Gasteiger partial charge in [0.05, 0.1) is 5.52 Å². The molecule has 0 spiro atoms. The molecule has 106 valence electrons. The number of para-hydroxylation sites is 1. The molecular formula is C15H15N5S. The van der Waals surface area contributed by atoms with Crippen LogP contribution in [0.3, 0.4) is 0 Å². The van der Waals surface area contributed by atoms with E-state index >= 15 is 0 Å². The third-order valence-corrected chi connectivity index (χ3v) is 3.90. The van der Waals surface area contributed by atoms with E-state index in [1.807, 2.05) is 38.1 Å². The first-order valence-electron chi connectivity index (χ1n) is 6.65. The topological polar surface area (TPSA) is 77.6 Å². The summed E-state index contributed by atoms with van der Waals surface area (Å²) in [6.45, 7) is 4.09. The van der Waals surface area contributed by atoms with Crippen molar-refractivity contribution in [2.45, 2.75) is 29.8 Å². The van der Waals surface area contributed by atoms with Gasteiger partial charge in [0.25, 0.3) is 0 Å². The fourth-order valence-corrected chi connectivity index (χ4v) is 2.83. The zero-order valence-electron chi connectivity index (χ0n) is 11.8. The number of aromatic nitrogens is 4. The SMILES string of the molecule is CC(C)c1nc(N)cc(Sc2ncnc3ccccc23)n1. The molecule has 3 aromatic rings. The Labute approximate surface area is 127 Å². The van der Waals surface area contributed by atoms with Gasteiger partial charge >= 0.3 is 0 Å². The molecule has 0 aliphatic heterocycles. The van der Waals surface area contributed by atoms with Gasteiger partial charge in [0.1, 0.15) is 28.0 Å². The minimum atomic E-state index is 0.231. The molecule has 0 amide bonds. The molecule has 0 radical (unpaired) electrons. The van der Waals surface area contributed by atoms with E-state index in [0.717, 1.165) is 26.8 Å². The summed E-state index contributed by atoms with van der Waals surface area (Å²) in [6.07, 6.45) is 1.57. The Bertz CT molecular complexity index is 783. The predicted molar refractivity (Wildman–Crippen MR) is 84.2 cm³/mol. The highest BCUT2D eigenvalue weighted by Gasteiger charge is 2.10. The molecule has 0 saturated heterocycles. The van der Waals surface area contributed by atoms with E-state index in [2.05, 4.69) is 19.9 Å². The van der Waals surface area contributed by atoms with Crippen molar-refractivity contribution in [1.29, 1.82) is 0 Å². The van der Waals surface area contributed by atoms with E-state index in [0.29, 0.717) is 5.82 Å². The standard InChI is InChI=1S/C15H15N5S/c1-9(2)14-19-12(16)7-13(20-14)21-15-10-5-3-4-6-11(10)17-8-18-15/h3-9H,1-2H3,(H2,16,19,20). The zero-order chi connectivity index (χ0) is 14.8. The average Bonchev–Trinajstić information content (AvgIpc) is 2.47. The van der Waals surface area contributed by atoms with Crippen LogP contribution in [0, 0.1) is 0 Å². The van der Waals surface area contributed by atoms with Gasteiger partial charge in [-0.2, -0.15) is 0 Å². The van der Waals surface area contributed by atoms with Crippen LogP contribution in [-0.4, -0.2) is 19.9 Å². The third kappa shape index (κ3) is 2.95. The molecule has 2 aromatic heterocycles. The number of nitrogens with two attached hydrogens (primary N) is 1. The maximum absolute atomic E-state index is 5.87. The molecule has 0 bridgehead atoms. The van der Waals surface area contributed by atoms with Gasteiger partial charge < -0.3 is 5.73 Å². The highest BCUT2D eigenvalue weighted by molar-refractivity contribution is 7.99. The molecule has 21 heavy (non-hydrogen) atoms. The van der Waals surface area contributed by atoms with Crippen LogP contribution in [0.2, 0.25) is 0 Å². The van der Waals surface area contributed by atoms with Crippen LogP contribution >= 0.6 is 11.8 Å². The van der Waals surface area contributed by atoms with Gasteiger partial charge in [-0.15, -0.1) is 0 Å². The number of benzene rings is 1. The summed E-state index contributed by atoms with van der Waals surface area (Å²) in [7, 11) is 0. The van der Waals surface area contributed by atoms with Gasteiger partial charge in [0.15, 0.2) is 0 Å². The van der Waals surface area contributed by atoms with Crippen LogP contribution in [-0.2, 0) is 0 Å². The van der Waals surface area contributed by atoms with Crippen molar-refractivity contribution in [2.24, 2.45) is 0 Å². The fraction of sp³-hybridized carbons (Fsp3) is 0.200. The van der Waals surface area contributed by atoms with Crippen molar-refractivity contribution in [2.75, 3.05) is 5.73 Å². The van der Waals surface area contributed by atoms with E-state index in [4.69, 9.17) is 5.73 Å². The molecule has 0 saturated carbocycles. The van der Waals surface area contributed by atoms with Gasteiger partial charge in [-0.05, 0) is 17.8 Å². The number of hydrogen-bond donors (Lipinski definition) is 1. The molecule has 2 heterocycles. The monoisotopic (exact) mass is 297 g/mol. The van der Waals surface area contributed by atoms with Crippen molar-refractivity contribution >= 4 is 28.5 Å². The number of nitrogen functional groups attached to an aromatic ring is 1. The smallest absolute Gasteiger partial charge is 0.134 e. The Balaban J connectivity index is 2.03. The lowest BCUT2D eigenvalue weighted by Gasteiger charge is -2.08. The molecule has 0 aliphatic carbocycles. The van der Waals surface area contributed by atoms with Gasteiger partial charge in [-0.3, -0.25) is 0 Å². The molecule has 2 N–H and O–H groups in total. The van der Waals surface area contributed by atoms with Gasteiger partial charge in [0, 0.05) is 17.4 Å². The first-order valence-corrected chi connectivity index (χ1v) is 7.47. The highest BCUT2D eigenvalue weighted by Crippen LogP contribution is 2.30. The van der Waals surface area contributed by atoms with Gasteiger partial charge in [-0.1, -0.05) is 32.0 Å². The lowest BCUT2D eigenvalue weighted by Crippen LogP contribution is -2.02. The van der Waals surface area contributed by atoms with Crippen LogP contribution in [0.4, 0.5) is 5.82 Å². The average molecular weight is 297 g/mol. The minimum Gasteiger partial charge on any atom is -0.384 e. The second-order valence-corrected chi connectivity index (χ2v) is 5.95. The van der Waals surface area contributed by atoms with E-state index in [9.17, 15) is 0 Å². The Hall–Kier alpha value is -2.21. The summed E-state index contributed by atoms with van der Waals surface area (Å²) in [4.78, 5) is 17.4. The first-order chi connectivity index (χ1) is 10.1. The normalized spacial score (nSPS) is 11.2. The molecule has 6 heteroatoms. The number of nitrogens with zero attached hydrogens (tertiary/aromatic N) is 4. The number of fused-ring (bicyclic) bond motifs is 1. The Morgan fingerprint density at radius 1 is 1.10 bits per heavy atom. The summed E-state index contributed by atoms with van der Waals surface area (Å²) in [5.41, 5.74) is 6.78. The zero-order valence-corrected chi connectivity index (χ0v) is 12.6. The molecule has 1 aromatic carbocycles.